The van der Waals surface area contributed by atoms with Gasteiger partial charge in [-0.1, -0.05) is 67.3 Å². The molecule has 2 aromatic rings. The van der Waals surface area contributed by atoms with Gasteiger partial charge in [-0.05, 0) is 34.2 Å². The summed E-state index contributed by atoms with van der Waals surface area (Å²) >= 11 is 0. The van der Waals surface area contributed by atoms with Crippen molar-refractivity contribution in [3.8, 4) is 0 Å². The molecular formula is C17H14. The molecule has 0 saturated carbocycles. The summed E-state index contributed by atoms with van der Waals surface area (Å²) in [4.78, 5) is 0. The van der Waals surface area contributed by atoms with Gasteiger partial charge in [-0.2, -0.15) is 0 Å². The van der Waals surface area contributed by atoms with Crippen LogP contribution in [-0.2, 0) is 6.42 Å². The summed E-state index contributed by atoms with van der Waals surface area (Å²) in [7, 11) is 0. The van der Waals surface area contributed by atoms with E-state index in [1.54, 1.807) is 0 Å². The molecule has 3 rings (SSSR count). The summed E-state index contributed by atoms with van der Waals surface area (Å²) in [6.07, 6.45) is 5.28. The van der Waals surface area contributed by atoms with E-state index >= 15 is 0 Å². The Hall–Kier alpha value is -2.08. The zero-order valence-electron chi connectivity index (χ0n) is 9.69. The Kier molecular flexibility index (Phi) is 2.41. The van der Waals surface area contributed by atoms with E-state index in [9.17, 15) is 0 Å². The summed E-state index contributed by atoms with van der Waals surface area (Å²) in [5.41, 5.74) is 6.61. The molecule has 0 saturated heterocycles. The molecule has 0 atom stereocenters. The predicted octanol–water partition coefficient (Wildman–Crippen LogP) is 4.32. The van der Waals surface area contributed by atoms with Crippen molar-refractivity contribution in [1.82, 2.24) is 0 Å². The molecule has 0 fully saturated rings. The highest BCUT2D eigenvalue weighted by molar-refractivity contribution is 5.88. The highest BCUT2D eigenvalue weighted by atomic mass is 14.2. The average molecular weight is 218 g/mol. The number of allylic oxidation sites excluding steroid dienone is 1. The lowest BCUT2D eigenvalue weighted by molar-refractivity contribution is 1.31. The Morgan fingerprint density at radius 3 is 2.41 bits per heavy atom. The zero-order valence-corrected chi connectivity index (χ0v) is 9.69. The minimum absolute atomic E-state index is 1.04. The van der Waals surface area contributed by atoms with Gasteiger partial charge in [0.1, 0.15) is 0 Å². The second-order valence-corrected chi connectivity index (χ2v) is 4.27. The molecule has 0 amide bonds. The Balaban J connectivity index is 2.16. The molecule has 0 N–H and O–H groups in total. The molecule has 1 aliphatic carbocycles. The van der Waals surface area contributed by atoms with Gasteiger partial charge >= 0.3 is 0 Å². The predicted molar refractivity (Wildman–Crippen MR) is 73.8 cm³/mol. The third kappa shape index (κ3) is 1.62. The molecule has 0 heterocycles. The molecule has 0 radical (unpaired) electrons. The fourth-order valence-electron chi connectivity index (χ4n) is 2.46. The van der Waals surface area contributed by atoms with Crippen LogP contribution in [0.5, 0.6) is 0 Å². The second kappa shape index (κ2) is 4.06. The van der Waals surface area contributed by atoms with E-state index in [4.69, 9.17) is 0 Å². The quantitative estimate of drug-likeness (QED) is 0.704. The van der Waals surface area contributed by atoms with E-state index < -0.39 is 0 Å². The van der Waals surface area contributed by atoms with Crippen LogP contribution in [0.1, 0.15) is 22.3 Å². The minimum atomic E-state index is 1.04. The van der Waals surface area contributed by atoms with Crippen molar-refractivity contribution in [1.29, 1.82) is 0 Å². The summed E-state index contributed by atoms with van der Waals surface area (Å²) < 4.78 is 0. The topological polar surface area (TPSA) is 0 Å². The Bertz CT molecular complexity index is 603. The highest BCUT2D eigenvalue weighted by Gasteiger charge is 2.15. The molecule has 0 nitrogen and oxygen atoms in total. The molecule has 0 aliphatic heterocycles. The standard InChI is InChI=1S/C17H14/c1-2-13-7-3-5-9-15(13)17-12-11-14-8-4-6-10-16(14)17/h2-10,12H,1,11H2. The van der Waals surface area contributed by atoms with Gasteiger partial charge in [0, 0.05) is 0 Å². The number of hydrogen-bond donors (Lipinski definition) is 0. The van der Waals surface area contributed by atoms with E-state index in [1.165, 1.54) is 27.8 Å². The average Bonchev–Trinajstić information content (AvgIpc) is 2.82. The van der Waals surface area contributed by atoms with Crippen LogP contribution < -0.4 is 0 Å². The number of hydrogen-bond acceptors (Lipinski definition) is 0. The highest BCUT2D eigenvalue weighted by Crippen LogP contribution is 2.34. The van der Waals surface area contributed by atoms with Crippen molar-refractivity contribution < 1.29 is 0 Å². The fraction of sp³-hybridized carbons (Fsp3) is 0.0588. The van der Waals surface area contributed by atoms with Crippen molar-refractivity contribution in [2.45, 2.75) is 6.42 Å². The maximum atomic E-state index is 3.89. The van der Waals surface area contributed by atoms with Gasteiger partial charge < -0.3 is 0 Å². The van der Waals surface area contributed by atoms with E-state index in [0.717, 1.165) is 6.42 Å². The van der Waals surface area contributed by atoms with Crippen LogP contribution in [0.3, 0.4) is 0 Å². The van der Waals surface area contributed by atoms with Crippen LogP contribution >= 0.6 is 0 Å². The van der Waals surface area contributed by atoms with Gasteiger partial charge in [-0.15, -0.1) is 0 Å². The monoisotopic (exact) mass is 218 g/mol. The van der Waals surface area contributed by atoms with Gasteiger partial charge in [-0.3, -0.25) is 0 Å². The van der Waals surface area contributed by atoms with Crippen molar-refractivity contribution in [2.24, 2.45) is 0 Å². The Morgan fingerprint density at radius 2 is 1.59 bits per heavy atom. The van der Waals surface area contributed by atoms with Crippen molar-refractivity contribution in [2.75, 3.05) is 0 Å². The summed E-state index contributed by atoms with van der Waals surface area (Å²) in [5, 5.41) is 0. The third-order valence-electron chi connectivity index (χ3n) is 3.30. The lowest BCUT2D eigenvalue weighted by Crippen LogP contribution is -1.89. The summed E-state index contributed by atoms with van der Waals surface area (Å²) in [6.45, 7) is 3.89. The molecule has 0 aromatic heterocycles. The van der Waals surface area contributed by atoms with Crippen LogP contribution in [0.15, 0.2) is 61.2 Å². The first kappa shape index (κ1) is 10.1. The lowest BCUT2D eigenvalue weighted by atomic mass is 9.95. The van der Waals surface area contributed by atoms with Crippen LogP contribution in [0.25, 0.3) is 11.6 Å². The van der Waals surface area contributed by atoms with Gasteiger partial charge in [0.25, 0.3) is 0 Å². The number of fused-ring (bicyclic) bond motifs is 1. The van der Waals surface area contributed by atoms with Gasteiger partial charge in [0.05, 0.1) is 0 Å². The minimum Gasteiger partial charge on any atom is -0.0984 e. The van der Waals surface area contributed by atoms with Crippen molar-refractivity contribution >= 4 is 11.6 Å². The van der Waals surface area contributed by atoms with E-state index in [1.807, 2.05) is 6.08 Å². The van der Waals surface area contributed by atoms with Crippen LogP contribution in [0, 0.1) is 0 Å². The smallest absolute Gasteiger partial charge is 0.00819 e. The van der Waals surface area contributed by atoms with Crippen molar-refractivity contribution in [3.63, 3.8) is 0 Å². The van der Waals surface area contributed by atoms with E-state index in [0.29, 0.717) is 0 Å². The molecule has 1 aliphatic rings. The molecule has 17 heavy (non-hydrogen) atoms. The molecule has 0 heteroatoms. The number of rotatable bonds is 2. The summed E-state index contributed by atoms with van der Waals surface area (Å²) in [5.74, 6) is 0. The fourth-order valence-corrected chi connectivity index (χ4v) is 2.46. The second-order valence-electron chi connectivity index (χ2n) is 4.27. The van der Waals surface area contributed by atoms with Crippen LogP contribution in [-0.4, -0.2) is 0 Å². The maximum absolute atomic E-state index is 3.89. The van der Waals surface area contributed by atoms with Gasteiger partial charge in [0.15, 0.2) is 0 Å². The van der Waals surface area contributed by atoms with Crippen LogP contribution in [0.4, 0.5) is 0 Å². The lowest BCUT2D eigenvalue weighted by Gasteiger charge is -2.09. The van der Waals surface area contributed by atoms with E-state index in [2.05, 4.69) is 61.2 Å². The normalized spacial score (nSPS) is 13.1. The first-order valence-electron chi connectivity index (χ1n) is 5.90. The molecule has 0 unspecified atom stereocenters. The first-order valence-corrected chi connectivity index (χ1v) is 5.90. The molecular weight excluding hydrogens is 204 g/mol. The molecule has 82 valence electrons. The molecule has 0 spiro atoms. The largest absolute Gasteiger partial charge is 0.0984 e. The van der Waals surface area contributed by atoms with E-state index in [-0.39, 0.29) is 0 Å². The Labute approximate surface area is 102 Å². The number of benzene rings is 2. The van der Waals surface area contributed by atoms with Gasteiger partial charge in [-0.25, -0.2) is 0 Å². The zero-order chi connectivity index (χ0) is 11.7. The first-order chi connectivity index (χ1) is 8.40. The SMILES string of the molecule is C=Cc1ccccc1C1=CCc2ccccc21. The Morgan fingerprint density at radius 1 is 0.882 bits per heavy atom. The maximum Gasteiger partial charge on any atom is -0.00819 e. The molecule has 0 bridgehead atoms. The van der Waals surface area contributed by atoms with Gasteiger partial charge in [0.2, 0.25) is 0 Å². The summed E-state index contributed by atoms with van der Waals surface area (Å²) in [6, 6.07) is 17.0. The van der Waals surface area contributed by atoms with Crippen LogP contribution in [0.2, 0.25) is 0 Å². The van der Waals surface area contributed by atoms with Crippen molar-refractivity contribution in [3.05, 3.63) is 83.4 Å². The third-order valence-corrected chi connectivity index (χ3v) is 3.30. The molecule has 2 aromatic carbocycles.